The van der Waals surface area contributed by atoms with E-state index in [1.54, 1.807) is 24.3 Å². The number of hydrogen-bond donors (Lipinski definition) is 4. The smallest absolute Gasteiger partial charge is 0.271 e. The number of amides is 1. The van der Waals surface area contributed by atoms with Crippen molar-refractivity contribution in [3.8, 4) is 23.0 Å². The topological polar surface area (TPSA) is 111 Å². The normalized spacial score (nSPS) is 10.6. The Balaban J connectivity index is 2.09. The number of ether oxygens (including phenoxy) is 1. The van der Waals surface area contributed by atoms with Gasteiger partial charge in [-0.1, -0.05) is 6.07 Å². The molecule has 0 spiro atoms. The van der Waals surface area contributed by atoms with Crippen molar-refractivity contribution in [1.29, 1.82) is 0 Å². The molecule has 7 nitrogen and oxygen atoms in total. The van der Waals surface area contributed by atoms with Crippen LogP contribution in [-0.4, -0.2) is 34.6 Å². The second-order valence-electron chi connectivity index (χ2n) is 4.30. The molecule has 1 amide bonds. The molecule has 114 valence electrons. The van der Waals surface area contributed by atoms with E-state index in [0.717, 1.165) is 6.21 Å². The Morgan fingerprint density at radius 1 is 1.18 bits per heavy atom. The van der Waals surface area contributed by atoms with E-state index in [4.69, 9.17) is 4.74 Å². The van der Waals surface area contributed by atoms with Gasteiger partial charge >= 0.3 is 0 Å². The van der Waals surface area contributed by atoms with Gasteiger partial charge in [-0.3, -0.25) is 4.79 Å². The molecule has 0 radical (unpaired) electrons. The highest BCUT2D eigenvalue weighted by atomic mass is 16.5. The minimum Gasteiger partial charge on any atom is -0.504 e. The number of phenols is 3. The van der Waals surface area contributed by atoms with Crippen molar-refractivity contribution >= 4 is 12.1 Å². The van der Waals surface area contributed by atoms with Crippen LogP contribution < -0.4 is 10.2 Å². The third kappa shape index (κ3) is 3.26. The molecule has 0 unspecified atom stereocenters. The van der Waals surface area contributed by atoms with Crippen molar-refractivity contribution in [2.75, 3.05) is 7.11 Å². The van der Waals surface area contributed by atoms with Crippen LogP contribution >= 0.6 is 0 Å². The average molecular weight is 302 g/mol. The van der Waals surface area contributed by atoms with Gasteiger partial charge in [0.15, 0.2) is 11.5 Å². The lowest BCUT2D eigenvalue weighted by molar-refractivity contribution is 0.0954. The van der Waals surface area contributed by atoms with Gasteiger partial charge in [-0.15, -0.1) is 0 Å². The molecule has 0 saturated heterocycles. The molecule has 22 heavy (non-hydrogen) atoms. The van der Waals surface area contributed by atoms with E-state index in [0.29, 0.717) is 11.3 Å². The SMILES string of the molecule is COc1cccc(C(=O)N/N=C/c2ccc(O)c(O)c2O)c1. The Labute approximate surface area is 126 Å². The number of phenolic OH excluding ortho intramolecular Hbond substituents is 3. The predicted octanol–water partition coefficient (Wildman–Crippen LogP) is 1.58. The summed E-state index contributed by atoms with van der Waals surface area (Å²) >= 11 is 0. The van der Waals surface area contributed by atoms with Gasteiger partial charge in [0.05, 0.1) is 13.3 Å². The standard InChI is InChI=1S/C15H14N2O5/c1-22-11-4-2-3-9(7-11)15(21)17-16-8-10-5-6-12(18)14(20)13(10)19/h2-8,18-20H,1H3,(H,17,21)/b16-8+. The van der Waals surface area contributed by atoms with Crippen molar-refractivity contribution in [1.82, 2.24) is 5.43 Å². The molecule has 0 aliphatic rings. The molecule has 2 aromatic carbocycles. The first-order valence-electron chi connectivity index (χ1n) is 6.24. The first-order chi connectivity index (χ1) is 10.5. The summed E-state index contributed by atoms with van der Waals surface area (Å²) in [5, 5.41) is 31.9. The zero-order valence-corrected chi connectivity index (χ0v) is 11.6. The monoisotopic (exact) mass is 302 g/mol. The number of carbonyl (C=O) groups is 1. The molecule has 0 aliphatic heterocycles. The van der Waals surface area contributed by atoms with E-state index in [2.05, 4.69) is 10.5 Å². The van der Waals surface area contributed by atoms with Gasteiger partial charge < -0.3 is 20.1 Å². The molecule has 2 aromatic rings. The predicted molar refractivity (Wildman–Crippen MR) is 79.5 cm³/mol. The minimum absolute atomic E-state index is 0.140. The number of nitrogens with zero attached hydrogens (tertiary/aromatic N) is 1. The quantitative estimate of drug-likeness (QED) is 0.389. The number of aromatic hydroxyl groups is 3. The van der Waals surface area contributed by atoms with Gasteiger partial charge in [-0.25, -0.2) is 5.43 Å². The number of benzene rings is 2. The highest BCUT2D eigenvalue weighted by Crippen LogP contribution is 2.36. The highest BCUT2D eigenvalue weighted by Gasteiger charge is 2.09. The van der Waals surface area contributed by atoms with Crippen LogP contribution in [0.1, 0.15) is 15.9 Å². The van der Waals surface area contributed by atoms with Crippen molar-refractivity contribution in [2.24, 2.45) is 5.10 Å². The summed E-state index contributed by atoms with van der Waals surface area (Å²) in [6.45, 7) is 0. The summed E-state index contributed by atoms with van der Waals surface area (Å²) in [5.41, 5.74) is 2.78. The number of hydrogen-bond acceptors (Lipinski definition) is 6. The van der Waals surface area contributed by atoms with Crippen LogP contribution in [-0.2, 0) is 0 Å². The second-order valence-corrected chi connectivity index (χ2v) is 4.30. The van der Waals surface area contributed by atoms with Gasteiger partial charge in [-0.2, -0.15) is 5.10 Å². The van der Waals surface area contributed by atoms with Crippen LogP contribution in [0.2, 0.25) is 0 Å². The van der Waals surface area contributed by atoms with E-state index in [1.807, 2.05) is 0 Å². The van der Waals surface area contributed by atoms with Crippen molar-refractivity contribution in [2.45, 2.75) is 0 Å². The van der Waals surface area contributed by atoms with Gasteiger partial charge in [0.2, 0.25) is 5.75 Å². The second kappa shape index (κ2) is 6.49. The summed E-state index contributed by atoms with van der Waals surface area (Å²) in [4.78, 5) is 11.9. The summed E-state index contributed by atoms with van der Waals surface area (Å²) in [6, 6.07) is 9.05. The van der Waals surface area contributed by atoms with Crippen molar-refractivity contribution in [3.63, 3.8) is 0 Å². The Hall–Kier alpha value is -3.22. The highest BCUT2D eigenvalue weighted by molar-refractivity contribution is 5.95. The van der Waals surface area contributed by atoms with E-state index in [1.165, 1.54) is 19.2 Å². The largest absolute Gasteiger partial charge is 0.504 e. The number of carbonyl (C=O) groups excluding carboxylic acids is 1. The molecule has 4 N–H and O–H groups in total. The average Bonchev–Trinajstić information content (AvgIpc) is 2.54. The lowest BCUT2D eigenvalue weighted by Gasteiger charge is -2.04. The molecule has 0 aliphatic carbocycles. The Morgan fingerprint density at radius 2 is 1.95 bits per heavy atom. The summed E-state index contributed by atoms with van der Waals surface area (Å²) in [5.74, 6) is -1.55. The lowest BCUT2D eigenvalue weighted by atomic mass is 10.2. The molecule has 0 bridgehead atoms. The van der Waals surface area contributed by atoms with Crippen LogP contribution in [0.5, 0.6) is 23.0 Å². The third-order valence-electron chi connectivity index (χ3n) is 2.86. The maximum atomic E-state index is 11.9. The lowest BCUT2D eigenvalue weighted by Crippen LogP contribution is -2.17. The molecular formula is C15H14N2O5. The van der Waals surface area contributed by atoms with Gasteiger partial charge in [0.25, 0.3) is 5.91 Å². The third-order valence-corrected chi connectivity index (χ3v) is 2.86. The molecular weight excluding hydrogens is 288 g/mol. The van der Waals surface area contributed by atoms with Gasteiger partial charge in [0, 0.05) is 11.1 Å². The number of hydrazone groups is 1. The molecule has 0 heterocycles. The van der Waals surface area contributed by atoms with E-state index >= 15 is 0 Å². The zero-order chi connectivity index (χ0) is 16.1. The molecule has 0 aromatic heterocycles. The van der Waals surface area contributed by atoms with Crippen molar-refractivity contribution < 1.29 is 24.9 Å². The van der Waals surface area contributed by atoms with E-state index in [-0.39, 0.29) is 5.56 Å². The summed E-state index contributed by atoms with van der Waals surface area (Å²) in [7, 11) is 1.50. The molecule has 0 fully saturated rings. The minimum atomic E-state index is -0.650. The first kappa shape index (κ1) is 15.2. The van der Waals surface area contributed by atoms with Crippen LogP contribution in [0.3, 0.4) is 0 Å². The fourth-order valence-electron chi connectivity index (χ4n) is 1.68. The fraction of sp³-hybridized carbons (Fsp3) is 0.0667. The molecule has 0 saturated carbocycles. The number of rotatable bonds is 4. The van der Waals surface area contributed by atoms with Gasteiger partial charge in [0.1, 0.15) is 5.75 Å². The summed E-state index contributed by atoms with van der Waals surface area (Å²) < 4.78 is 5.02. The molecule has 2 rings (SSSR count). The number of methoxy groups -OCH3 is 1. The Morgan fingerprint density at radius 3 is 2.68 bits per heavy atom. The van der Waals surface area contributed by atoms with Crippen LogP contribution in [0, 0.1) is 0 Å². The number of nitrogens with one attached hydrogen (secondary N) is 1. The van der Waals surface area contributed by atoms with E-state index < -0.39 is 23.2 Å². The van der Waals surface area contributed by atoms with Crippen LogP contribution in [0.4, 0.5) is 0 Å². The maximum Gasteiger partial charge on any atom is 0.271 e. The maximum absolute atomic E-state index is 11.9. The first-order valence-corrected chi connectivity index (χ1v) is 6.24. The zero-order valence-electron chi connectivity index (χ0n) is 11.6. The van der Waals surface area contributed by atoms with E-state index in [9.17, 15) is 20.1 Å². The van der Waals surface area contributed by atoms with Crippen molar-refractivity contribution in [3.05, 3.63) is 47.5 Å². The Kier molecular flexibility index (Phi) is 4.47. The molecule has 0 atom stereocenters. The Bertz CT molecular complexity index is 728. The van der Waals surface area contributed by atoms with Gasteiger partial charge in [-0.05, 0) is 30.3 Å². The molecule has 7 heteroatoms. The van der Waals surface area contributed by atoms with Crippen LogP contribution in [0.15, 0.2) is 41.5 Å². The van der Waals surface area contributed by atoms with Crippen LogP contribution in [0.25, 0.3) is 0 Å². The summed E-state index contributed by atoms with van der Waals surface area (Å²) in [6.07, 6.45) is 1.15. The fourth-order valence-corrected chi connectivity index (χ4v) is 1.68.